The Balaban J connectivity index is 2.32. The van der Waals surface area contributed by atoms with Crippen molar-refractivity contribution in [2.45, 2.75) is 18.7 Å². The lowest BCUT2D eigenvalue weighted by Crippen LogP contribution is -2.26. The van der Waals surface area contributed by atoms with Gasteiger partial charge in [0.05, 0.1) is 24.6 Å². The monoisotopic (exact) mass is 443 g/mol. The Morgan fingerprint density at radius 1 is 1.03 bits per heavy atom. The third-order valence-corrected chi connectivity index (χ3v) is 6.55. The van der Waals surface area contributed by atoms with Crippen molar-refractivity contribution in [2.75, 3.05) is 32.2 Å². The number of fused-ring (bicyclic) bond motifs is 1. The number of ether oxygens (including phenoxy) is 2. The maximum absolute atomic E-state index is 13.2. The maximum atomic E-state index is 13.2. The molecule has 31 heavy (non-hydrogen) atoms. The Kier molecular flexibility index (Phi) is 6.59. The summed E-state index contributed by atoms with van der Waals surface area (Å²) >= 11 is 0. The predicted molar refractivity (Wildman–Crippen MR) is 121 cm³/mol. The van der Waals surface area contributed by atoms with Crippen molar-refractivity contribution in [1.82, 2.24) is 9.97 Å². The molecule has 164 valence electrons. The highest BCUT2D eigenvalue weighted by Gasteiger charge is 2.28. The molecular formula is C21H25N5O4S. The molecule has 0 saturated carbocycles. The molecule has 1 aromatic heterocycles. The minimum absolute atomic E-state index is 0.0552. The largest absolute Gasteiger partial charge is 0.493 e. The van der Waals surface area contributed by atoms with E-state index in [1.165, 1.54) is 19.2 Å². The lowest BCUT2D eigenvalue weighted by atomic mass is 10.2. The summed E-state index contributed by atoms with van der Waals surface area (Å²) in [6.07, 6.45) is 0. The Labute approximate surface area is 181 Å². The molecule has 0 bridgehead atoms. The summed E-state index contributed by atoms with van der Waals surface area (Å²) in [7, 11) is -0.971. The van der Waals surface area contributed by atoms with E-state index in [0.29, 0.717) is 41.3 Å². The molecule has 0 aliphatic heterocycles. The van der Waals surface area contributed by atoms with Crippen LogP contribution < -0.4 is 20.2 Å². The van der Waals surface area contributed by atoms with Gasteiger partial charge in [-0.05, 0) is 32.0 Å². The fourth-order valence-corrected chi connectivity index (χ4v) is 4.47. The Morgan fingerprint density at radius 2 is 1.65 bits per heavy atom. The van der Waals surface area contributed by atoms with Gasteiger partial charge in [0.2, 0.25) is 14.9 Å². The van der Waals surface area contributed by atoms with Crippen molar-refractivity contribution in [3.05, 3.63) is 48.3 Å². The molecule has 3 aromatic rings. The molecule has 0 aliphatic carbocycles. The quantitative estimate of drug-likeness (QED) is 0.256. The average molecular weight is 444 g/mol. The second-order valence-electron chi connectivity index (χ2n) is 6.52. The van der Waals surface area contributed by atoms with Gasteiger partial charge in [0.25, 0.3) is 0 Å². The number of methoxy groups -OCH3 is 2. The van der Waals surface area contributed by atoms with E-state index in [9.17, 15) is 8.42 Å². The van der Waals surface area contributed by atoms with Crippen LogP contribution in [0.4, 0.5) is 5.82 Å². The zero-order valence-corrected chi connectivity index (χ0v) is 18.7. The van der Waals surface area contributed by atoms with Gasteiger partial charge in [0.15, 0.2) is 17.3 Å². The van der Waals surface area contributed by atoms with E-state index in [4.69, 9.17) is 15.3 Å². The van der Waals surface area contributed by atoms with Crippen molar-refractivity contribution in [1.29, 1.82) is 0 Å². The van der Waals surface area contributed by atoms with E-state index in [1.54, 1.807) is 37.4 Å². The summed E-state index contributed by atoms with van der Waals surface area (Å²) in [6, 6.07) is 11.4. The first kappa shape index (κ1) is 22.3. The number of hydrogen-bond acceptors (Lipinski definition) is 9. The molecule has 0 atom stereocenters. The molecule has 2 N–H and O–H groups in total. The average Bonchev–Trinajstić information content (AvgIpc) is 2.79. The Hall–Kier alpha value is -3.40. The molecule has 10 heteroatoms. The third kappa shape index (κ3) is 4.11. The molecule has 0 spiro atoms. The lowest BCUT2D eigenvalue weighted by Gasteiger charge is -2.23. The number of hydrogen-bond donors (Lipinski definition) is 1. The standard InChI is InChI=1S/C21H25N5O4S/c1-5-26(6-2)20-15-12-17(29-3)18(30-4)13-16(15)23-19(24-20)21(25-22)31(27,28)14-10-8-7-9-11-14/h7-13H,5-6,22H2,1-4H3. The summed E-state index contributed by atoms with van der Waals surface area (Å²) in [5.41, 5.74) is 0.481. The van der Waals surface area contributed by atoms with Crippen molar-refractivity contribution >= 4 is 31.6 Å². The first-order valence-corrected chi connectivity index (χ1v) is 11.2. The molecule has 2 aromatic carbocycles. The molecule has 0 unspecified atom stereocenters. The Bertz CT molecular complexity index is 1210. The van der Waals surface area contributed by atoms with Crippen LogP contribution in [0.25, 0.3) is 10.9 Å². The zero-order valence-electron chi connectivity index (χ0n) is 17.9. The van der Waals surface area contributed by atoms with E-state index in [1.807, 2.05) is 18.7 Å². The fourth-order valence-electron chi connectivity index (χ4n) is 3.26. The first-order valence-electron chi connectivity index (χ1n) is 9.68. The van der Waals surface area contributed by atoms with Crippen LogP contribution in [0.2, 0.25) is 0 Å². The fraction of sp³-hybridized carbons (Fsp3) is 0.286. The second-order valence-corrected chi connectivity index (χ2v) is 8.38. The van der Waals surface area contributed by atoms with Crippen LogP contribution in [0, 0.1) is 0 Å². The number of hydrazone groups is 1. The molecule has 0 radical (unpaired) electrons. The van der Waals surface area contributed by atoms with Gasteiger partial charge in [-0.15, -0.1) is 0 Å². The molecular weight excluding hydrogens is 418 g/mol. The van der Waals surface area contributed by atoms with E-state index >= 15 is 0 Å². The molecule has 3 rings (SSSR count). The summed E-state index contributed by atoms with van der Waals surface area (Å²) in [6.45, 7) is 5.26. The van der Waals surface area contributed by atoms with Gasteiger partial charge in [-0.2, -0.15) is 5.10 Å². The molecule has 0 saturated heterocycles. The Morgan fingerprint density at radius 3 is 2.19 bits per heavy atom. The van der Waals surface area contributed by atoms with E-state index < -0.39 is 14.9 Å². The van der Waals surface area contributed by atoms with Gasteiger partial charge in [-0.1, -0.05) is 18.2 Å². The van der Waals surface area contributed by atoms with Gasteiger partial charge < -0.3 is 20.2 Å². The minimum atomic E-state index is -4.03. The van der Waals surface area contributed by atoms with Crippen molar-refractivity contribution in [3.63, 3.8) is 0 Å². The zero-order chi connectivity index (χ0) is 22.6. The first-order chi connectivity index (χ1) is 14.9. The second kappa shape index (κ2) is 9.17. The third-order valence-electron chi connectivity index (χ3n) is 4.86. The van der Waals surface area contributed by atoms with Crippen molar-refractivity contribution < 1.29 is 17.9 Å². The lowest BCUT2D eigenvalue weighted by molar-refractivity contribution is 0.356. The SMILES string of the molecule is CCN(CC)c1nc(C(=NN)S(=O)(=O)c2ccccc2)nc2cc(OC)c(OC)cc12. The highest BCUT2D eigenvalue weighted by Crippen LogP contribution is 2.35. The normalized spacial score (nSPS) is 12.1. The van der Waals surface area contributed by atoms with Crippen LogP contribution >= 0.6 is 0 Å². The smallest absolute Gasteiger partial charge is 0.229 e. The van der Waals surface area contributed by atoms with Crippen molar-refractivity contribution in [2.24, 2.45) is 10.9 Å². The number of rotatable bonds is 7. The van der Waals surface area contributed by atoms with Gasteiger partial charge in [-0.25, -0.2) is 18.4 Å². The highest BCUT2D eigenvalue weighted by atomic mass is 32.2. The van der Waals surface area contributed by atoms with E-state index in [-0.39, 0.29) is 10.7 Å². The summed E-state index contributed by atoms with van der Waals surface area (Å²) in [4.78, 5) is 11.1. The molecule has 0 aliphatic rings. The van der Waals surface area contributed by atoms with Crippen LogP contribution in [0.5, 0.6) is 11.5 Å². The van der Waals surface area contributed by atoms with Crippen LogP contribution in [0.3, 0.4) is 0 Å². The van der Waals surface area contributed by atoms with Crippen LogP contribution in [0.15, 0.2) is 52.5 Å². The molecule has 9 nitrogen and oxygen atoms in total. The number of anilines is 1. The van der Waals surface area contributed by atoms with Crippen LogP contribution in [-0.2, 0) is 9.84 Å². The molecule has 1 heterocycles. The number of nitrogens with zero attached hydrogens (tertiary/aromatic N) is 4. The molecule has 0 amide bonds. The van der Waals surface area contributed by atoms with Crippen LogP contribution in [-0.4, -0.2) is 50.7 Å². The van der Waals surface area contributed by atoms with Gasteiger partial charge >= 0.3 is 0 Å². The number of sulfone groups is 1. The van der Waals surface area contributed by atoms with Gasteiger partial charge in [0.1, 0.15) is 5.82 Å². The van der Waals surface area contributed by atoms with Crippen molar-refractivity contribution in [3.8, 4) is 11.5 Å². The van der Waals surface area contributed by atoms with E-state index in [0.717, 1.165) is 0 Å². The number of nitrogens with two attached hydrogens (primary N) is 1. The minimum Gasteiger partial charge on any atom is -0.493 e. The number of benzene rings is 2. The predicted octanol–water partition coefficient (Wildman–Crippen LogP) is 2.59. The topological polar surface area (TPSA) is 120 Å². The van der Waals surface area contributed by atoms with Gasteiger partial charge in [-0.3, -0.25) is 0 Å². The van der Waals surface area contributed by atoms with E-state index in [2.05, 4.69) is 15.1 Å². The summed E-state index contributed by atoms with van der Waals surface area (Å²) < 4.78 is 37.2. The number of aromatic nitrogens is 2. The maximum Gasteiger partial charge on any atom is 0.229 e. The summed E-state index contributed by atoms with van der Waals surface area (Å²) in [5, 5.41) is 3.85. The summed E-state index contributed by atoms with van der Waals surface area (Å²) in [5.74, 6) is 6.98. The van der Waals surface area contributed by atoms with Gasteiger partial charge in [0, 0.05) is 24.5 Å². The van der Waals surface area contributed by atoms with Crippen LogP contribution in [0.1, 0.15) is 19.7 Å². The highest BCUT2D eigenvalue weighted by molar-refractivity contribution is 8.07. The molecule has 0 fully saturated rings.